The molecule has 0 radical (unpaired) electrons. The SMILES string of the molecule is COc1ccc(OC)c(S(=O)(=O)N2CCCC(C(=O)NCc3ccc(S(=O)(=O)N4CCCC4)cc3)C2)c1. The first-order chi connectivity index (χ1) is 17.7. The Kier molecular flexibility index (Phi) is 8.42. The van der Waals surface area contributed by atoms with Gasteiger partial charge in [0, 0.05) is 38.8 Å². The van der Waals surface area contributed by atoms with E-state index in [4.69, 9.17) is 9.47 Å². The van der Waals surface area contributed by atoms with Gasteiger partial charge >= 0.3 is 0 Å². The number of piperidine rings is 1. The van der Waals surface area contributed by atoms with Gasteiger partial charge in [-0.05, 0) is 55.5 Å². The summed E-state index contributed by atoms with van der Waals surface area (Å²) in [6.45, 7) is 1.66. The molecule has 0 spiro atoms. The Morgan fingerprint density at radius 2 is 1.57 bits per heavy atom. The summed E-state index contributed by atoms with van der Waals surface area (Å²) in [5.74, 6) is -0.145. The second kappa shape index (κ2) is 11.4. The van der Waals surface area contributed by atoms with Crippen molar-refractivity contribution in [3.63, 3.8) is 0 Å². The Hall–Kier alpha value is -2.67. The minimum Gasteiger partial charge on any atom is -0.497 e. The Balaban J connectivity index is 1.39. The van der Waals surface area contributed by atoms with E-state index in [0.29, 0.717) is 38.2 Å². The first-order valence-electron chi connectivity index (χ1n) is 12.3. The summed E-state index contributed by atoms with van der Waals surface area (Å²) in [6.07, 6.45) is 2.86. The molecule has 37 heavy (non-hydrogen) atoms. The van der Waals surface area contributed by atoms with E-state index in [9.17, 15) is 21.6 Å². The van der Waals surface area contributed by atoms with Gasteiger partial charge in [-0.3, -0.25) is 4.79 Å². The number of carbonyl (C=O) groups excluding carboxylic acids is 1. The fraction of sp³-hybridized carbons (Fsp3) is 0.480. The maximum atomic E-state index is 13.4. The van der Waals surface area contributed by atoms with Crippen molar-refractivity contribution < 1.29 is 31.1 Å². The summed E-state index contributed by atoms with van der Waals surface area (Å²) in [4.78, 5) is 13.2. The third-order valence-corrected chi connectivity index (χ3v) is 10.6. The van der Waals surface area contributed by atoms with Crippen LogP contribution in [0, 0.1) is 5.92 Å². The van der Waals surface area contributed by atoms with Gasteiger partial charge in [-0.2, -0.15) is 8.61 Å². The molecular formula is C25H33N3O7S2. The molecule has 2 saturated heterocycles. The molecule has 12 heteroatoms. The zero-order valence-electron chi connectivity index (χ0n) is 21.1. The van der Waals surface area contributed by atoms with E-state index in [-0.39, 0.29) is 34.5 Å². The van der Waals surface area contributed by atoms with Gasteiger partial charge in [0.25, 0.3) is 0 Å². The molecule has 2 aliphatic heterocycles. The number of hydrogen-bond acceptors (Lipinski definition) is 7. The average Bonchev–Trinajstić information content (AvgIpc) is 3.48. The van der Waals surface area contributed by atoms with Crippen LogP contribution in [-0.2, 0) is 31.4 Å². The van der Waals surface area contributed by atoms with Crippen LogP contribution in [0.1, 0.15) is 31.2 Å². The van der Waals surface area contributed by atoms with Crippen LogP contribution in [0.2, 0.25) is 0 Å². The van der Waals surface area contributed by atoms with Crippen molar-refractivity contribution in [2.75, 3.05) is 40.4 Å². The van der Waals surface area contributed by atoms with Gasteiger partial charge in [-0.25, -0.2) is 16.8 Å². The summed E-state index contributed by atoms with van der Waals surface area (Å²) in [5.41, 5.74) is 0.759. The second-order valence-corrected chi connectivity index (χ2v) is 13.0. The molecule has 0 aliphatic carbocycles. The number of amides is 1. The van der Waals surface area contributed by atoms with E-state index in [0.717, 1.165) is 18.4 Å². The van der Waals surface area contributed by atoms with Crippen molar-refractivity contribution in [1.82, 2.24) is 13.9 Å². The largest absolute Gasteiger partial charge is 0.497 e. The lowest BCUT2D eigenvalue weighted by atomic mass is 9.99. The average molecular weight is 552 g/mol. The van der Waals surface area contributed by atoms with Crippen LogP contribution in [0.25, 0.3) is 0 Å². The molecule has 1 amide bonds. The van der Waals surface area contributed by atoms with Crippen LogP contribution in [0.5, 0.6) is 11.5 Å². The maximum absolute atomic E-state index is 13.4. The van der Waals surface area contributed by atoms with E-state index >= 15 is 0 Å². The summed E-state index contributed by atoms with van der Waals surface area (Å²) < 4.78 is 65.4. The van der Waals surface area contributed by atoms with Gasteiger partial charge in [-0.15, -0.1) is 0 Å². The minimum absolute atomic E-state index is 0.000573. The van der Waals surface area contributed by atoms with Gasteiger partial charge in [0.15, 0.2) is 0 Å². The molecule has 0 bridgehead atoms. The van der Waals surface area contributed by atoms with Crippen LogP contribution in [0.4, 0.5) is 0 Å². The smallest absolute Gasteiger partial charge is 0.246 e. The summed E-state index contributed by atoms with van der Waals surface area (Å²) in [5, 5.41) is 2.87. The molecule has 2 aliphatic rings. The number of hydrogen-bond donors (Lipinski definition) is 1. The van der Waals surface area contributed by atoms with Crippen molar-refractivity contribution in [2.24, 2.45) is 5.92 Å². The van der Waals surface area contributed by atoms with Gasteiger partial charge in [0.05, 0.1) is 25.0 Å². The molecule has 2 aromatic rings. The third-order valence-electron chi connectivity index (χ3n) is 6.84. The number of benzene rings is 2. The van der Waals surface area contributed by atoms with E-state index in [1.807, 2.05) is 0 Å². The fourth-order valence-electron chi connectivity index (χ4n) is 4.69. The zero-order valence-corrected chi connectivity index (χ0v) is 22.7. The highest BCUT2D eigenvalue weighted by Crippen LogP contribution is 2.32. The molecule has 1 unspecified atom stereocenters. The molecule has 0 aromatic heterocycles. The number of nitrogens with zero attached hydrogens (tertiary/aromatic N) is 2. The van der Waals surface area contributed by atoms with Gasteiger partial charge in [-0.1, -0.05) is 12.1 Å². The van der Waals surface area contributed by atoms with Crippen LogP contribution in [0.15, 0.2) is 52.3 Å². The van der Waals surface area contributed by atoms with E-state index in [1.54, 1.807) is 36.4 Å². The molecule has 10 nitrogen and oxygen atoms in total. The first-order valence-corrected chi connectivity index (χ1v) is 15.1. The molecule has 2 heterocycles. The molecule has 4 rings (SSSR count). The Bertz CT molecular complexity index is 1320. The molecule has 1 atom stereocenters. The monoisotopic (exact) mass is 551 g/mol. The van der Waals surface area contributed by atoms with Crippen molar-refractivity contribution in [2.45, 2.75) is 42.0 Å². The second-order valence-electron chi connectivity index (χ2n) is 9.19. The van der Waals surface area contributed by atoms with Crippen molar-refractivity contribution >= 4 is 26.0 Å². The topological polar surface area (TPSA) is 122 Å². The lowest BCUT2D eigenvalue weighted by Gasteiger charge is -2.31. The van der Waals surface area contributed by atoms with E-state index in [1.165, 1.54) is 28.9 Å². The molecule has 2 aromatic carbocycles. The molecule has 2 fully saturated rings. The number of sulfonamides is 2. The summed E-state index contributed by atoms with van der Waals surface area (Å²) in [6, 6.07) is 11.1. The molecular weight excluding hydrogens is 518 g/mol. The van der Waals surface area contributed by atoms with Gasteiger partial charge < -0.3 is 14.8 Å². The Morgan fingerprint density at radius 3 is 2.22 bits per heavy atom. The van der Waals surface area contributed by atoms with E-state index < -0.39 is 26.0 Å². The van der Waals surface area contributed by atoms with Crippen LogP contribution in [0.3, 0.4) is 0 Å². The highest BCUT2D eigenvalue weighted by atomic mass is 32.2. The van der Waals surface area contributed by atoms with Crippen molar-refractivity contribution in [1.29, 1.82) is 0 Å². The van der Waals surface area contributed by atoms with Crippen LogP contribution >= 0.6 is 0 Å². The Morgan fingerprint density at radius 1 is 0.892 bits per heavy atom. The fourth-order valence-corrected chi connectivity index (χ4v) is 7.90. The molecule has 0 saturated carbocycles. The van der Waals surface area contributed by atoms with Crippen molar-refractivity contribution in [3.8, 4) is 11.5 Å². The predicted molar refractivity (Wildman–Crippen MR) is 137 cm³/mol. The molecule has 1 N–H and O–H groups in total. The summed E-state index contributed by atoms with van der Waals surface area (Å²) in [7, 11) is -4.54. The Labute approximate surface area is 218 Å². The normalized spacial score (nSPS) is 19.5. The van der Waals surface area contributed by atoms with Crippen LogP contribution in [-0.4, -0.2) is 71.8 Å². The first kappa shape index (κ1) is 27.4. The van der Waals surface area contributed by atoms with Gasteiger partial charge in [0.1, 0.15) is 16.4 Å². The number of carbonyl (C=O) groups is 1. The minimum atomic E-state index is -3.91. The third kappa shape index (κ3) is 5.92. The number of rotatable bonds is 9. The quantitative estimate of drug-likeness (QED) is 0.507. The lowest BCUT2D eigenvalue weighted by molar-refractivity contribution is -0.126. The van der Waals surface area contributed by atoms with E-state index in [2.05, 4.69) is 5.32 Å². The number of methoxy groups -OCH3 is 2. The lowest BCUT2D eigenvalue weighted by Crippen LogP contribution is -2.45. The van der Waals surface area contributed by atoms with Gasteiger partial charge in [0.2, 0.25) is 26.0 Å². The molecule has 202 valence electrons. The maximum Gasteiger partial charge on any atom is 0.246 e. The predicted octanol–water partition coefficient (Wildman–Crippen LogP) is 2.21. The standard InChI is InChI=1S/C25H33N3O7S2/c1-34-21-9-12-23(35-2)24(16-21)37(32,33)28-15-5-6-20(18-28)25(29)26-17-19-7-10-22(11-8-19)36(30,31)27-13-3-4-14-27/h7-12,16,20H,3-6,13-15,17-18H2,1-2H3,(H,26,29). The number of ether oxygens (including phenoxy) is 2. The van der Waals surface area contributed by atoms with Crippen molar-refractivity contribution in [3.05, 3.63) is 48.0 Å². The zero-order chi connectivity index (χ0) is 26.6. The highest BCUT2D eigenvalue weighted by Gasteiger charge is 2.35. The number of nitrogens with one attached hydrogen (secondary N) is 1. The summed E-state index contributed by atoms with van der Waals surface area (Å²) >= 11 is 0. The highest BCUT2D eigenvalue weighted by molar-refractivity contribution is 7.89. The van der Waals surface area contributed by atoms with Crippen LogP contribution < -0.4 is 14.8 Å².